The first-order valence-corrected chi connectivity index (χ1v) is 9.40. The Balaban J connectivity index is 1.44. The number of nitrogens with two attached hydrogens (primary N) is 1. The summed E-state index contributed by atoms with van der Waals surface area (Å²) in [5.74, 6) is 1.79. The summed E-state index contributed by atoms with van der Waals surface area (Å²) in [6.45, 7) is 0. The molecule has 0 spiro atoms. The third-order valence-electron chi connectivity index (χ3n) is 4.86. The second-order valence-electron chi connectivity index (χ2n) is 6.71. The molecule has 0 bridgehead atoms. The molecule has 2 aliphatic heterocycles. The molecule has 5 rings (SSSR count). The van der Waals surface area contributed by atoms with E-state index in [2.05, 4.69) is 15.5 Å². The number of benzene rings is 2. The van der Waals surface area contributed by atoms with E-state index in [9.17, 15) is 0 Å². The summed E-state index contributed by atoms with van der Waals surface area (Å²) in [5.41, 5.74) is 12.1. The van der Waals surface area contributed by atoms with Gasteiger partial charge in [-0.1, -0.05) is 23.5 Å². The van der Waals surface area contributed by atoms with Crippen LogP contribution in [0.25, 0.3) is 0 Å². The Morgan fingerprint density at radius 3 is 2.63 bits per heavy atom. The summed E-state index contributed by atoms with van der Waals surface area (Å²) in [5, 5.41) is 5.59. The minimum absolute atomic E-state index is 0.466. The van der Waals surface area contributed by atoms with Crippen LogP contribution in [0.4, 0.5) is 17.3 Å². The molecule has 3 N–H and O–H groups in total. The number of amidine groups is 1. The molecule has 2 aliphatic rings. The quantitative estimate of drug-likeness (QED) is 0.672. The van der Waals surface area contributed by atoms with Crippen molar-refractivity contribution in [3.63, 3.8) is 0 Å². The van der Waals surface area contributed by atoms with Gasteiger partial charge in [-0.25, -0.2) is 4.84 Å². The molecule has 2 aromatic carbocycles. The maximum absolute atomic E-state index is 6.58. The average molecular weight is 404 g/mol. The van der Waals surface area contributed by atoms with Crippen LogP contribution in [0, 0.1) is 0 Å². The minimum Gasteiger partial charge on any atom is -0.497 e. The third kappa shape index (κ3) is 3.25. The number of hydrazone groups is 1. The van der Waals surface area contributed by atoms with E-state index in [1.165, 1.54) is 5.28 Å². The van der Waals surface area contributed by atoms with E-state index in [1.807, 2.05) is 65.6 Å². The van der Waals surface area contributed by atoms with Crippen LogP contribution in [0.3, 0.4) is 0 Å². The second kappa shape index (κ2) is 7.54. The SMILES string of the molecule is COc1ccc(N2C(C3C=NN(Nc4ccccc4)O3)=Nc3occc3C2N)cc1. The van der Waals surface area contributed by atoms with Crippen molar-refractivity contribution in [2.45, 2.75) is 12.3 Å². The molecule has 0 saturated carbocycles. The predicted molar refractivity (Wildman–Crippen MR) is 113 cm³/mol. The molecule has 0 aliphatic carbocycles. The maximum Gasteiger partial charge on any atom is 0.226 e. The number of hydrazine groups is 1. The van der Waals surface area contributed by atoms with E-state index >= 15 is 0 Å². The lowest BCUT2D eigenvalue weighted by molar-refractivity contribution is -0.121. The van der Waals surface area contributed by atoms with Crippen molar-refractivity contribution < 1.29 is 14.0 Å². The fourth-order valence-corrected chi connectivity index (χ4v) is 3.38. The zero-order valence-electron chi connectivity index (χ0n) is 16.2. The normalized spacial score (nSPS) is 20.1. The lowest BCUT2D eigenvalue weighted by Gasteiger charge is -2.35. The van der Waals surface area contributed by atoms with Crippen molar-refractivity contribution >= 4 is 29.3 Å². The highest BCUT2D eigenvalue weighted by Gasteiger charge is 2.37. The largest absolute Gasteiger partial charge is 0.497 e. The Morgan fingerprint density at radius 1 is 1.07 bits per heavy atom. The predicted octanol–water partition coefficient (Wildman–Crippen LogP) is 3.42. The number of nitrogens with one attached hydrogen (secondary N) is 1. The summed E-state index contributed by atoms with van der Waals surface area (Å²) in [6, 6.07) is 19.0. The van der Waals surface area contributed by atoms with Crippen LogP contribution in [0.1, 0.15) is 11.7 Å². The number of aliphatic imine (C=N–C) groups is 1. The highest BCUT2D eigenvalue weighted by atomic mass is 16.8. The van der Waals surface area contributed by atoms with Gasteiger partial charge >= 0.3 is 0 Å². The average Bonchev–Trinajstić information content (AvgIpc) is 3.44. The van der Waals surface area contributed by atoms with Gasteiger partial charge < -0.3 is 19.8 Å². The Morgan fingerprint density at radius 2 is 1.87 bits per heavy atom. The number of hydrogen-bond acceptors (Lipinski definition) is 9. The fourth-order valence-electron chi connectivity index (χ4n) is 3.38. The smallest absolute Gasteiger partial charge is 0.226 e. The van der Waals surface area contributed by atoms with Crippen molar-refractivity contribution in [2.75, 3.05) is 17.4 Å². The highest BCUT2D eigenvalue weighted by Crippen LogP contribution is 2.37. The lowest BCUT2D eigenvalue weighted by atomic mass is 10.1. The Kier molecular flexibility index (Phi) is 4.58. The molecule has 9 nitrogen and oxygen atoms in total. The number of rotatable bonds is 5. The molecule has 3 heterocycles. The summed E-state index contributed by atoms with van der Waals surface area (Å²) in [6.07, 6.45) is 2.18. The molecule has 0 radical (unpaired) electrons. The van der Waals surface area contributed by atoms with Gasteiger partial charge in [0.25, 0.3) is 0 Å². The number of anilines is 2. The lowest BCUT2D eigenvalue weighted by Crippen LogP contribution is -2.48. The van der Waals surface area contributed by atoms with Crippen molar-refractivity contribution in [1.29, 1.82) is 0 Å². The van der Waals surface area contributed by atoms with Crippen molar-refractivity contribution in [1.82, 2.24) is 5.28 Å². The minimum atomic E-state index is -0.562. The number of nitrogens with zero attached hydrogens (tertiary/aromatic N) is 4. The summed E-state index contributed by atoms with van der Waals surface area (Å²) >= 11 is 0. The third-order valence-corrected chi connectivity index (χ3v) is 4.86. The van der Waals surface area contributed by atoms with Crippen LogP contribution in [0.2, 0.25) is 0 Å². The first-order valence-electron chi connectivity index (χ1n) is 9.40. The number of fused-ring (bicyclic) bond motifs is 1. The van der Waals surface area contributed by atoms with Gasteiger partial charge in [0.2, 0.25) is 5.88 Å². The van der Waals surface area contributed by atoms with Gasteiger partial charge in [-0.05, 0) is 42.5 Å². The molecule has 1 aromatic heterocycles. The van der Waals surface area contributed by atoms with E-state index in [-0.39, 0.29) is 0 Å². The van der Waals surface area contributed by atoms with Gasteiger partial charge in [0.15, 0.2) is 11.9 Å². The van der Waals surface area contributed by atoms with Crippen LogP contribution in [0.5, 0.6) is 5.75 Å². The van der Waals surface area contributed by atoms with Crippen molar-refractivity contribution in [3.05, 3.63) is 72.5 Å². The van der Waals surface area contributed by atoms with Crippen LogP contribution >= 0.6 is 0 Å². The molecular formula is C21H20N6O3. The summed E-state index contributed by atoms with van der Waals surface area (Å²) in [4.78, 5) is 12.5. The molecule has 152 valence electrons. The number of furan rings is 1. The van der Waals surface area contributed by atoms with Gasteiger partial charge in [0, 0.05) is 5.69 Å². The molecule has 2 atom stereocenters. The zero-order valence-corrected chi connectivity index (χ0v) is 16.2. The van der Waals surface area contributed by atoms with E-state index in [0.717, 1.165) is 22.7 Å². The molecule has 0 saturated heterocycles. The van der Waals surface area contributed by atoms with Crippen LogP contribution in [-0.4, -0.2) is 30.5 Å². The molecule has 9 heteroatoms. The maximum atomic E-state index is 6.58. The first kappa shape index (κ1) is 18.2. The van der Waals surface area contributed by atoms with Gasteiger partial charge in [-0.3, -0.25) is 5.43 Å². The number of methoxy groups -OCH3 is 1. The van der Waals surface area contributed by atoms with E-state index in [4.69, 9.17) is 19.7 Å². The van der Waals surface area contributed by atoms with Crippen molar-refractivity contribution in [3.8, 4) is 5.75 Å². The second-order valence-corrected chi connectivity index (χ2v) is 6.71. The fraction of sp³-hybridized carbons (Fsp3) is 0.143. The van der Waals surface area contributed by atoms with Gasteiger partial charge in [0.05, 0.1) is 30.8 Å². The van der Waals surface area contributed by atoms with Crippen LogP contribution in [-0.2, 0) is 4.84 Å². The number of para-hydroxylation sites is 1. The molecule has 30 heavy (non-hydrogen) atoms. The van der Waals surface area contributed by atoms with Crippen LogP contribution in [0.15, 0.2) is 81.4 Å². The molecule has 0 amide bonds. The summed E-state index contributed by atoms with van der Waals surface area (Å²) < 4.78 is 10.8. The topological polar surface area (TPSA) is 101 Å². The number of ether oxygens (including phenoxy) is 1. The number of hydrogen-bond donors (Lipinski definition) is 2. The zero-order chi connectivity index (χ0) is 20.5. The van der Waals surface area contributed by atoms with Gasteiger partial charge in [-0.2, -0.15) is 4.99 Å². The first-order chi connectivity index (χ1) is 14.7. The molecule has 0 fully saturated rings. The van der Waals surface area contributed by atoms with Crippen LogP contribution < -0.4 is 20.8 Å². The summed E-state index contributed by atoms with van der Waals surface area (Å²) in [7, 11) is 1.63. The Hall–Kier alpha value is -3.82. The van der Waals surface area contributed by atoms with Gasteiger partial charge in [0.1, 0.15) is 11.9 Å². The molecule has 3 aromatic rings. The Bertz CT molecular complexity index is 1080. The van der Waals surface area contributed by atoms with E-state index in [0.29, 0.717) is 11.7 Å². The Labute approximate surface area is 172 Å². The molecule has 2 unspecified atom stereocenters. The van der Waals surface area contributed by atoms with Gasteiger partial charge in [-0.15, -0.1) is 5.10 Å². The van der Waals surface area contributed by atoms with E-state index in [1.54, 1.807) is 19.6 Å². The highest BCUT2D eigenvalue weighted by molar-refractivity contribution is 6.12. The standard InChI is InChI=1S/C21H20N6O3/c1-28-16-9-7-15(8-10-16)26-19(22)17-11-12-29-21(17)24-20(26)18-13-23-27(30-18)25-14-5-3-2-4-6-14/h2-13,18-19,25H,22H2,1H3. The van der Waals surface area contributed by atoms with Crippen molar-refractivity contribution in [2.24, 2.45) is 15.8 Å². The monoisotopic (exact) mass is 404 g/mol. The van der Waals surface area contributed by atoms with E-state index < -0.39 is 12.3 Å². The molecular weight excluding hydrogens is 384 g/mol.